The smallest absolute Gasteiger partial charge is 0.324 e. The molecule has 0 heterocycles. The highest BCUT2D eigenvalue weighted by atomic mass is 19.4. The average molecular weight is 308 g/mol. The number of carbonyl (C=O) groups excluding carboxylic acids is 2. The second-order valence-electron chi connectivity index (χ2n) is 4.85. The van der Waals surface area contributed by atoms with Crippen molar-refractivity contribution < 1.29 is 27.3 Å². The summed E-state index contributed by atoms with van der Waals surface area (Å²) in [5, 5.41) is -1.90. The molecule has 0 aliphatic carbocycles. The number of alkyl halides is 1. The van der Waals surface area contributed by atoms with Crippen LogP contribution in [0.1, 0.15) is 27.2 Å². The molecule has 0 rings (SSSR count). The Labute approximate surface area is 120 Å². The van der Waals surface area contributed by atoms with Crippen LogP contribution in [0.25, 0.3) is 0 Å². The standard InChI is InChI=1S/C13H16F4N2O2/c1-5-8-18(11(20)9(2)14)13(3,4)7-6-10(15)12(21)19(16)17/h1,6,9H,7-8H2,2-4H3. The van der Waals surface area contributed by atoms with Crippen molar-refractivity contribution in [2.45, 2.75) is 38.9 Å². The average Bonchev–Trinajstić information content (AvgIpc) is 2.40. The number of nitrogens with zero attached hydrogens (tertiary/aromatic N) is 2. The highest BCUT2D eigenvalue weighted by molar-refractivity contribution is 5.89. The van der Waals surface area contributed by atoms with Crippen molar-refractivity contribution in [3.8, 4) is 12.3 Å². The molecule has 2 amide bonds. The normalized spacial score (nSPS) is 13.3. The first-order valence-corrected chi connectivity index (χ1v) is 5.95. The third-order valence-corrected chi connectivity index (χ3v) is 2.73. The predicted molar refractivity (Wildman–Crippen MR) is 68.1 cm³/mol. The van der Waals surface area contributed by atoms with Crippen molar-refractivity contribution in [3.63, 3.8) is 0 Å². The minimum absolute atomic E-state index is 0.234. The zero-order chi connectivity index (χ0) is 16.8. The van der Waals surface area contributed by atoms with E-state index in [2.05, 4.69) is 5.92 Å². The van der Waals surface area contributed by atoms with Crippen LogP contribution in [0.4, 0.5) is 17.7 Å². The Bertz CT molecular complexity index is 467. The maximum atomic E-state index is 13.2. The summed E-state index contributed by atoms with van der Waals surface area (Å²) in [6.07, 6.45) is 3.59. The second kappa shape index (κ2) is 7.67. The van der Waals surface area contributed by atoms with E-state index in [0.29, 0.717) is 6.08 Å². The summed E-state index contributed by atoms with van der Waals surface area (Å²) in [6.45, 7) is 3.68. The van der Waals surface area contributed by atoms with Gasteiger partial charge in [0.15, 0.2) is 12.0 Å². The molecule has 0 radical (unpaired) electrons. The molecule has 0 fully saturated rings. The summed E-state index contributed by atoms with van der Waals surface area (Å²) in [6, 6.07) is 0. The highest BCUT2D eigenvalue weighted by Crippen LogP contribution is 2.22. The number of carbonyl (C=O) groups is 2. The molecule has 0 aromatic rings. The molecule has 0 saturated carbocycles. The third kappa shape index (κ3) is 5.45. The molecule has 0 spiro atoms. The molecular weight excluding hydrogens is 292 g/mol. The summed E-state index contributed by atoms with van der Waals surface area (Å²) in [5.74, 6) is -2.51. The summed E-state index contributed by atoms with van der Waals surface area (Å²) in [7, 11) is 0. The zero-order valence-corrected chi connectivity index (χ0v) is 11.9. The molecule has 8 heteroatoms. The summed E-state index contributed by atoms with van der Waals surface area (Å²) < 4.78 is 50.0. The predicted octanol–water partition coefficient (Wildman–Crippen LogP) is 2.43. The number of amides is 2. The first-order valence-electron chi connectivity index (χ1n) is 5.95. The van der Waals surface area contributed by atoms with Gasteiger partial charge in [0, 0.05) is 10.9 Å². The van der Waals surface area contributed by atoms with Gasteiger partial charge in [0.2, 0.25) is 0 Å². The Balaban J connectivity index is 5.16. The van der Waals surface area contributed by atoms with Crippen LogP contribution in [0, 0.1) is 12.3 Å². The molecule has 0 bridgehead atoms. The Morgan fingerprint density at radius 3 is 2.29 bits per heavy atom. The Morgan fingerprint density at radius 2 is 1.90 bits per heavy atom. The van der Waals surface area contributed by atoms with Crippen molar-refractivity contribution in [1.29, 1.82) is 0 Å². The molecule has 0 saturated heterocycles. The minimum atomic E-state index is -2.10. The molecule has 0 aliphatic heterocycles. The molecule has 1 unspecified atom stereocenters. The van der Waals surface area contributed by atoms with Gasteiger partial charge in [0.25, 0.3) is 5.91 Å². The van der Waals surface area contributed by atoms with Crippen LogP contribution in [-0.4, -0.2) is 40.3 Å². The first kappa shape index (κ1) is 19.0. The van der Waals surface area contributed by atoms with Crippen molar-refractivity contribution in [2.75, 3.05) is 6.54 Å². The van der Waals surface area contributed by atoms with Gasteiger partial charge in [0.1, 0.15) is 0 Å². The Hall–Kier alpha value is -2.04. The summed E-state index contributed by atoms with van der Waals surface area (Å²) in [4.78, 5) is 23.3. The van der Waals surface area contributed by atoms with E-state index in [0.717, 1.165) is 11.8 Å². The van der Waals surface area contributed by atoms with E-state index in [1.165, 1.54) is 13.8 Å². The minimum Gasteiger partial charge on any atom is -0.324 e. The fraction of sp³-hybridized carbons (Fsp3) is 0.538. The van der Waals surface area contributed by atoms with Crippen LogP contribution >= 0.6 is 0 Å². The lowest BCUT2D eigenvalue weighted by Crippen LogP contribution is -2.50. The van der Waals surface area contributed by atoms with Crippen molar-refractivity contribution in [1.82, 2.24) is 10.2 Å². The van der Waals surface area contributed by atoms with E-state index in [9.17, 15) is 27.3 Å². The topological polar surface area (TPSA) is 40.6 Å². The lowest BCUT2D eigenvalue weighted by atomic mass is 9.96. The van der Waals surface area contributed by atoms with Gasteiger partial charge in [-0.2, -0.15) is 0 Å². The SMILES string of the molecule is C#CCN(C(=O)C(C)F)C(C)(C)CC=C(F)C(=O)N(F)F. The van der Waals surface area contributed by atoms with Crippen LogP contribution in [-0.2, 0) is 9.59 Å². The quantitative estimate of drug-likeness (QED) is 0.327. The van der Waals surface area contributed by atoms with E-state index in [-0.39, 0.29) is 13.0 Å². The maximum Gasteiger partial charge on any atom is 0.342 e. The molecule has 4 nitrogen and oxygen atoms in total. The molecule has 0 N–H and O–H groups in total. The van der Waals surface area contributed by atoms with Crippen LogP contribution in [0.15, 0.2) is 11.9 Å². The van der Waals surface area contributed by atoms with Crippen LogP contribution in [0.3, 0.4) is 0 Å². The van der Waals surface area contributed by atoms with Gasteiger partial charge in [-0.3, -0.25) is 9.59 Å². The van der Waals surface area contributed by atoms with Crippen molar-refractivity contribution >= 4 is 11.8 Å². The van der Waals surface area contributed by atoms with Gasteiger partial charge >= 0.3 is 5.91 Å². The number of terminal acetylenes is 1. The van der Waals surface area contributed by atoms with E-state index in [1.54, 1.807) is 0 Å². The molecule has 0 aliphatic rings. The number of hydrogen-bond acceptors (Lipinski definition) is 2. The number of halogens is 4. The largest absolute Gasteiger partial charge is 0.342 e. The third-order valence-electron chi connectivity index (χ3n) is 2.73. The summed E-state index contributed by atoms with van der Waals surface area (Å²) in [5.41, 5.74) is -1.15. The highest BCUT2D eigenvalue weighted by Gasteiger charge is 2.32. The van der Waals surface area contributed by atoms with E-state index < -0.39 is 34.7 Å². The molecule has 0 aromatic heterocycles. The molecule has 1 atom stereocenters. The van der Waals surface area contributed by atoms with Crippen molar-refractivity contribution in [3.05, 3.63) is 11.9 Å². The number of rotatable bonds is 6. The molecule has 0 aromatic carbocycles. The fourth-order valence-electron chi connectivity index (χ4n) is 1.51. The Kier molecular flexibility index (Phi) is 6.92. The lowest BCUT2D eigenvalue weighted by Gasteiger charge is -2.37. The second-order valence-corrected chi connectivity index (χ2v) is 4.85. The first-order chi connectivity index (χ1) is 9.54. The van der Waals surface area contributed by atoms with Gasteiger partial charge < -0.3 is 4.90 Å². The van der Waals surface area contributed by atoms with Crippen LogP contribution < -0.4 is 0 Å². The number of hydrogen-bond donors (Lipinski definition) is 0. The van der Waals surface area contributed by atoms with Gasteiger partial charge in [0.05, 0.1) is 6.54 Å². The monoisotopic (exact) mass is 308 g/mol. The lowest BCUT2D eigenvalue weighted by molar-refractivity contribution is -0.184. The zero-order valence-electron chi connectivity index (χ0n) is 11.9. The summed E-state index contributed by atoms with van der Waals surface area (Å²) >= 11 is 0. The molecular formula is C13H16F4N2O2. The van der Waals surface area contributed by atoms with Crippen LogP contribution in [0.2, 0.25) is 0 Å². The van der Waals surface area contributed by atoms with Gasteiger partial charge in [-0.1, -0.05) is 14.9 Å². The molecule has 21 heavy (non-hydrogen) atoms. The van der Waals surface area contributed by atoms with Crippen LogP contribution in [0.5, 0.6) is 0 Å². The molecule has 118 valence electrons. The van der Waals surface area contributed by atoms with Gasteiger partial charge in [-0.15, -0.1) is 6.42 Å². The maximum absolute atomic E-state index is 13.2. The fourth-order valence-corrected chi connectivity index (χ4v) is 1.51. The van der Waals surface area contributed by atoms with Gasteiger partial charge in [-0.05, 0) is 33.3 Å². The van der Waals surface area contributed by atoms with E-state index in [1.807, 2.05) is 0 Å². The van der Waals surface area contributed by atoms with E-state index >= 15 is 0 Å². The Morgan fingerprint density at radius 1 is 1.38 bits per heavy atom. The van der Waals surface area contributed by atoms with E-state index in [4.69, 9.17) is 6.42 Å². The van der Waals surface area contributed by atoms with Gasteiger partial charge in [-0.25, -0.2) is 8.78 Å². The van der Waals surface area contributed by atoms with Crippen molar-refractivity contribution in [2.24, 2.45) is 0 Å².